The minimum Gasteiger partial charge on any atom is -0.374 e. The molecule has 0 saturated carbocycles. The van der Waals surface area contributed by atoms with E-state index >= 15 is 0 Å². The van der Waals surface area contributed by atoms with E-state index in [1.165, 1.54) is 17.7 Å². The zero-order chi connectivity index (χ0) is 25.5. The fraction of sp³-hybridized carbons (Fsp3) is 0.533. The number of benzene rings is 1. The van der Waals surface area contributed by atoms with Crippen molar-refractivity contribution in [2.75, 3.05) is 31.1 Å². The zero-order valence-electron chi connectivity index (χ0n) is 21.7. The summed E-state index contributed by atoms with van der Waals surface area (Å²) in [6.07, 6.45) is 14.4. The Balaban J connectivity index is 1.17. The van der Waals surface area contributed by atoms with Gasteiger partial charge in [0.05, 0.1) is 0 Å². The van der Waals surface area contributed by atoms with Crippen LogP contribution in [0.1, 0.15) is 62.1 Å². The minimum absolute atomic E-state index is 0.126. The molecular formula is C30H40F2N4. The maximum atomic E-state index is 14.7. The number of piperidine rings is 1. The second kappa shape index (κ2) is 12.5. The average molecular weight is 495 g/mol. The molecule has 3 heterocycles. The van der Waals surface area contributed by atoms with Crippen molar-refractivity contribution in [2.45, 2.75) is 64.7 Å². The van der Waals surface area contributed by atoms with E-state index in [9.17, 15) is 8.78 Å². The number of anilines is 1. The molecule has 1 aromatic carbocycles. The van der Waals surface area contributed by atoms with Gasteiger partial charge in [-0.1, -0.05) is 38.8 Å². The molecule has 0 atom stereocenters. The van der Waals surface area contributed by atoms with Crippen LogP contribution in [-0.4, -0.2) is 41.0 Å². The van der Waals surface area contributed by atoms with E-state index in [-0.39, 0.29) is 12.0 Å². The van der Waals surface area contributed by atoms with Gasteiger partial charge in [0, 0.05) is 62.2 Å². The van der Waals surface area contributed by atoms with Gasteiger partial charge in [-0.05, 0) is 61.3 Å². The summed E-state index contributed by atoms with van der Waals surface area (Å²) in [5.41, 5.74) is 2.84. The van der Waals surface area contributed by atoms with Crippen LogP contribution in [0, 0.1) is 23.5 Å². The lowest BCUT2D eigenvalue weighted by Crippen LogP contribution is -2.44. The predicted octanol–water partition coefficient (Wildman–Crippen LogP) is 6.51. The van der Waals surface area contributed by atoms with Crippen LogP contribution in [0.2, 0.25) is 0 Å². The zero-order valence-corrected chi connectivity index (χ0v) is 21.7. The molecular weight excluding hydrogens is 454 g/mol. The van der Waals surface area contributed by atoms with Gasteiger partial charge in [-0.15, -0.1) is 6.58 Å². The van der Waals surface area contributed by atoms with E-state index in [2.05, 4.69) is 39.8 Å². The molecule has 0 unspecified atom stereocenters. The number of rotatable bonds is 12. The quantitative estimate of drug-likeness (QED) is 0.249. The first-order valence-electron chi connectivity index (χ1n) is 13.5. The van der Waals surface area contributed by atoms with E-state index in [4.69, 9.17) is 0 Å². The van der Waals surface area contributed by atoms with Gasteiger partial charge in [-0.3, -0.25) is 0 Å². The van der Waals surface area contributed by atoms with Crippen molar-refractivity contribution < 1.29 is 8.78 Å². The lowest BCUT2D eigenvalue weighted by Gasteiger charge is -2.40. The number of aryl methyl sites for hydroxylation is 2. The molecule has 0 bridgehead atoms. The third kappa shape index (κ3) is 6.71. The molecule has 2 aliphatic heterocycles. The van der Waals surface area contributed by atoms with E-state index < -0.39 is 11.6 Å². The van der Waals surface area contributed by atoms with Crippen LogP contribution in [0.15, 0.2) is 49.5 Å². The largest absolute Gasteiger partial charge is 0.374 e. The van der Waals surface area contributed by atoms with Crippen LogP contribution in [0.5, 0.6) is 0 Å². The number of hydrogen-bond donors (Lipinski definition) is 0. The molecule has 194 valence electrons. The van der Waals surface area contributed by atoms with Crippen molar-refractivity contribution in [3.05, 3.63) is 77.8 Å². The normalized spacial score (nSPS) is 16.8. The summed E-state index contributed by atoms with van der Waals surface area (Å²) in [7, 11) is 0. The second-order valence-electron chi connectivity index (χ2n) is 10.5. The van der Waals surface area contributed by atoms with Crippen LogP contribution in [-0.2, 0) is 19.3 Å². The van der Waals surface area contributed by atoms with Crippen molar-refractivity contribution in [3.63, 3.8) is 0 Å². The Hall–Kier alpha value is -2.76. The van der Waals surface area contributed by atoms with Crippen molar-refractivity contribution in [2.24, 2.45) is 11.8 Å². The van der Waals surface area contributed by atoms with Gasteiger partial charge in [-0.2, -0.15) is 0 Å². The first kappa shape index (κ1) is 26.3. The van der Waals surface area contributed by atoms with Gasteiger partial charge in [0.1, 0.15) is 11.6 Å². The van der Waals surface area contributed by atoms with Crippen molar-refractivity contribution >= 4 is 5.95 Å². The smallest absolute Gasteiger partial charge is 0.225 e. The van der Waals surface area contributed by atoms with Crippen LogP contribution in [0.4, 0.5) is 14.7 Å². The average Bonchev–Trinajstić information content (AvgIpc) is 2.85. The van der Waals surface area contributed by atoms with E-state index in [1.807, 2.05) is 18.5 Å². The molecule has 2 aliphatic rings. The van der Waals surface area contributed by atoms with Crippen molar-refractivity contribution in [1.82, 2.24) is 14.9 Å². The molecule has 1 aromatic heterocycles. The Morgan fingerprint density at radius 3 is 2.31 bits per heavy atom. The molecule has 2 saturated heterocycles. The fourth-order valence-electron chi connectivity index (χ4n) is 5.32. The van der Waals surface area contributed by atoms with Gasteiger partial charge in [0.25, 0.3) is 0 Å². The fourth-order valence-corrected chi connectivity index (χ4v) is 5.32. The molecule has 0 radical (unpaired) electrons. The standard InChI is InChI=1S/C30H40F2N4/c1-4-8-26-18-33-30(34-19-26)35-13-11-24(12-14-35)9-6-7-10-25-16-28(31)27(29(32)17-25)15-22(3)36-20-23(5-2)21-36/h5,16-19,23-24H,2-4,6-15,20-21H2,1H3. The molecule has 6 heteroatoms. The highest BCUT2D eigenvalue weighted by Crippen LogP contribution is 2.27. The maximum Gasteiger partial charge on any atom is 0.225 e. The number of likely N-dealkylation sites (tertiary alicyclic amines) is 1. The van der Waals surface area contributed by atoms with Crippen LogP contribution < -0.4 is 4.90 Å². The predicted molar refractivity (Wildman–Crippen MR) is 143 cm³/mol. The molecule has 4 rings (SSSR count). The number of halogens is 2. The van der Waals surface area contributed by atoms with Gasteiger partial charge in [-0.25, -0.2) is 18.7 Å². The van der Waals surface area contributed by atoms with Crippen LogP contribution in [0.25, 0.3) is 0 Å². The Labute approximate surface area is 215 Å². The summed E-state index contributed by atoms with van der Waals surface area (Å²) in [4.78, 5) is 13.5. The number of aromatic nitrogens is 2. The van der Waals surface area contributed by atoms with E-state index in [0.717, 1.165) is 88.3 Å². The van der Waals surface area contributed by atoms with Crippen LogP contribution in [0.3, 0.4) is 0 Å². The Bertz CT molecular complexity index is 999. The molecule has 2 fully saturated rings. The Morgan fingerprint density at radius 2 is 1.69 bits per heavy atom. The lowest BCUT2D eigenvalue weighted by molar-refractivity contribution is 0.176. The van der Waals surface area contributed by atoms with Gasteiger partial charge in [0.15, 0.2) is 0 Å². The summed E-state index contributed by atoms with van der Waals surface area (Å²) in [5, 5.41) is 0. The molecule has 0 amide bonds. The highest BCUT2D eigenvalue weighted by Gasteiger charge is 2.26. The molecule has 0 N–H and O–H groups in total. The first-order chi connectivity index (χ1) is 17.5. The number of hydrogen-bond acceptors (Lipinski definition) is 4. The molecule has 36 heavy (non-hydrogen) atoms. The molecule has 2 aromatic rings. The summed E-state index contributed by atoms with van der Waals surface area (Å²) in [5.74, 6) is 1.08. The van der Waals surface area contributed by atoms with E-state index in [1.54, 1.807) is 0 Å². The number of unbranched alkanes of at least 4 members (excludes halogenated alkanes) is 1. The van der Waals surface area contributed by atoms with E-state index in [0.29, 0.717) is 18.3 Å². The minimum atomic E-state index is -0.454. The monoisotopic (exact) mass is 494 g/mol. The summed E-state index contributed by atoms with van der Waals surface area (Å²) < 4.78 is 29.4. The highest BCUT2D eigenvalue weighted by atomic mass is 19.1. The second-order valence-corrected chi connectivity index (χ2v) is 10.5. The maximum absolute atomic E-state index is 14.7. The lowest BCUT2D eigenvalue weighted by atomic mass is 9.91. The van der Waals surface area contributed by atoms with Gasteiger partial charge in [0.2, 0.25) is 5.95 Å². The topological polar surface area (TPSA) is 32.3 Å². The Morgan fingerprint density at radius 1 is 1.03 bits per heavy atom. The summed E-state index contributed by atoms with van der Waals surface area (Å²) >= 11 is 0. The molecule has 0 aliphatic carbocycles. The molecule has 4 nitrogen and oxygen atoms in total. The van der Waals surface area contributed by atoms with Crippen molar-refractivity contribution in [3.8, 4) is 0 Å². The van der Waals surface area contributed by atoms with Crippen molar-refractivity contribution in [1.29, 1.82) is 0 Å². The SMILES string of the molecule is C=CC1CN(C(=C)Cc2c(F)cc(CCCCC3CCN(c4ncc(CCC)cn4)CC3)cc2F)C1. The number of allylic oxidation sites excluding steroid dienone is 1. The molecule has 0 spiro atoms. The third-order valence-corrected chi connectivity index (χ3v) is 7.73. The third-order valence-electron chi connectivity index (χ3n) is 7.73. The van der Waals surface area contributed by atoms with Gasteiger partial charge < -0.3 is 9.80 Å². The highest BCUT2D eigenvalue weighted by molar-refractivity contribution is 5.31. The summed E-state index contributed by atoms with van der Waals surface area (Å²) in [6.45, 7) is 13.6. The number of nitrogens with zero attached hydrogens (tertiary/aromatic N) is 4. The van der Waals surface area contributed by atoms with Gasteiger partial charge >= 0.3 is 0 Å². The first-order valence-corrected chi connectivity index (χ1v) is 13.5. The van der Waals surface area contributed by atoms with Crippen LogP contribution >= 0.6 is 0 Å². The summed E-state index contributed by atoms with van der Waals surface area (Å²) in [6, 6.07) is 3.03. The Kier molecular flexibility index (Phi) is 9.11.